The first kappa shape index (κ1) is 82.4. The summed E-state index contributed by atoms with van der Waals surface area (Å²) in [7, 11) is 0. The van der Waals surface area contributed by atoms with Crippen LogP contribution in [0.25, 0.3) is 68.1 Å². The first-order valence-electron chi connectivity index (χ1n) is 31.1. The summed E-state index contributed by atoms with van der Waals surface area (Å²) in [4.78, 5) is 28.7. The van der Waals surface area contributed by atoms with Crippen molar-refractivity contribution in [3.05, 3.63) is 332 Å². The molecule has 0 bridgehead atoms. The maximum Gasteiger partial charge on any atom is 0.144 e. The summed E-state index contributed by atoms with van der Waals surface area (Å²) in [6.45, 7) is 18.4. The number of fused-ring (bicyclic) bond motifs is 1. The Labute approximate surface area is 648 Å². The second kappa shape index (κ2) is 42.8. The molecule has 0 unspecified atom stereocenters. The molecule has 16 rings (SSSR count). The van der Waals surface area contributed by atoms with Crippen LogP contribution in [0, 0.1) is 65.8 Å². The van der Waals surface area contributed by atoms with Gasteiger partial charge in [0.2, 0.25) is 0 Å². The molecular weight excluding hydrogens is 1990 g/mol. The molecule has 0 aliphatic rings. The fourth-order valence-electron chi connectivity index (χ4n) is 9.03. The van der Waals surface area contributed by atoms with Gasteiger partial charge in [0.25, 0.3) is 0 Å². The Hall–Kier alpha value is -10.2. The average Bonchev–Trinajstić information content (AvgIpc) is 0.902. The van der Waals surface area contributed by atoms with Crippen molar-refractivity contribution in [2.45, 2.75) is 67.7 Å². The first-order chi connectivity index (χ1) is 47.6. The number of pyridine rings is 5. The van der Waals surface area contributed by atoms with Crippen LogP contribution in [0.2, 0.25) is 0 Å². The molecule has 12 heterocycles. The zero-order valence-electron chi connectivity index (χ0n) is 57.2. The zero-order valence-corrected chi connectivity index (χ0v) is 66.8. The smallest absolute Gasteiger partial charge is 0.144 e. The Bertz CT molecular complexity index is 4510. The van der Waals surface area contributed by atoms with Crippen molar-refractivity contribution in [3.8, 4) is 62.8 Å². The molecule has 0 aliphatic heterocycles. The molecule has 1 N–H and O–H groups in total. The number of aromatic nitrogens is 19. The number of imidazole rings is 1. The molecule has 0 saturated carbocycles. The molecule has 0 spiro atoms. The van der Waals surface area contributed by atoms with Gasteiger partial charge in [0.1, 0.15) is 11.3 Å². The molecule has 24 heteroatoms. The Morgan fingerprint density at radius 2 is 0.912 bits per heavy atom. The minimum atomic E-state index is 0. The Kier molecular flexibility index (Phi) is 34.6. The second-order valence-corrected chi connectivity index (χ2v) is 22.6. The molecule has 16 aromatic rings. The third-order valence-corrected chi connectivity index (χ3v) is 13.7. The molecule has 0 amide bonds. The van der Waals surface area contributed by atoms with Crippen molar-refractivity contribution in [2.75, 3.05) is 0 Å². The Balaban J connectivity index is 0.000000209. The van der Waals surface area contributed by atoms with Crippen LogP contribution < -0.4 is 15.2 Å². The van der Waals surface area contributed by atoms with Gasteiger partial charge >= 0.3 is 0 Å². The van der Waals surface area contributed by atoms with Crippen molar-refractivity contribution in [2.24, 2.45) is 0 Å². The average molecular weight is 2060 g/mol. The van der Waals surface area contributed by atoms with E-state index < -0.39 is 0 Å². The molecule has 20 nitrogen and oxygen atoms in total. The van der Waals surface area contributed by atoms with E-state index in [4.69, 9.17) is 0 Å². The minimum absolute atomic E-state index is 0. The van der Waals surface area contributed by atoms with Crippen LogP contribution in [0.15, 0.2) is 269 Å². The molecule has 0 saturated heterocycles. The third kappa shape index (κ3) is 25.7. The molecule has 0 atom stereocenters. The van der Waals surface area contributed by atoms with Gasteiger partial charge in [0.05, 0.1) is 16.9 Å². The molecule has 4 radical (unpaired) electrons. The largest absolute Gasteiger partial charge is 0.574 e. The quantitative estimate of drug-likeness (QED) is 0.146. The number of hydrogen-bond acceptors (Lipinski definition) is 13. The number of nitrogens with zero attached hydrogens (tertiary/aromatic N) is 19. The van der Waals surface area contributed by atoms with Crippen LogP contribution in [0.1, 0.15) is 60.2 Å². The first-order valence-corrected chi connectivity index (χ1v) is 31.1. The van der Waals surface area contributed by atoms with E-state index in [0.717, 1.165) is 90.6 Å². The van der Waals surface area contributed by atoms with Gasteiger partial charge in [-0.3, -0.25) is 43.6 Å². The fraction of sp³-hybridized carbons (Fsp3) is 0.128. The summed E-state index contributed by atoms with van der Waals surface area (Å²) < 4.78 is 7.27. The van der Waals surface area contributed by atoms with Gasteiger partial charge in [-0.2, -0.15) is 116 Å². The van der Waals surface area contributed by atoms with Crippen LogP contribution in [0.3, 0.4) is 0 Å². The van der Waals surface area contributed by atoms with Crippen LogP contribution >= 0.6 is 0 Å². The van der Waals surface area contributed by atoms with E-state index in [1.807, 2.05) is 208 Å². The third-order valence-electron chi connectivity index (χ3n) is 13.7. The molecular formula is C78H72Ir4N19O-7. The van der Waals surface area contributed by atoms with Gasteiger partial charge in [-0.1, -0.05) is 88.7 Å². The maximum atomic E-state index is 9.39. The summed E-state index contributed by atoms with van der Waals surface area (Å²) in [6, 6.07) is 72.2. The van der Waals surface area contributed by atoms with E-state index >= 15 is 0 Å². The van der Waals surface area contributed by atoms with Crippen molar-refractivity contribution < 1.29 is 85.5 Å². The van der Waals surface area contributed by atoms with E-state index in [2.05, 4.69) is 160 Å². The number of aryl methyl sites for hydroxylation is 6. The maximum absolute atomic E-state index is 9.39. The van der Waals surface area contributed by atoms with E-state index in [9.17, 15) is 5.11 Å². The Morgan fingerprint density at radius 3 is 1.30 bits per heavy atom. The van der Waals surface area contributed by atoms with E-state index in [-0.39, 0.29) is 91.6 Å². The van der Waals surface area contributed by atoms with Gasteiger partial charge in [-0.15, -0.1) is 24.3 Å². The Morgan fingerprint density at radius 1 is 0.422 bits per heavy atom. The van der Waals surface area contributed by atoms with E-state index in [1.54, 1.807) is 76.0 Å². The number of hydrogen-bond donors (Lipinski definition) is 1. The topological polar surface area (TPSA) is 237 Å². The van der Waals surface area contributed by atoms with Crippen LogP contribution in [-0.4, -0.2) is 84.3 Å². The van der Waals surface area contributed by atoms with E-state index in [1.165, 1.54) is 11.6 Å². The zero-order chi connectivity index (χ0) is 68.9. The van der Waals surface area contributed by atoms with Gasteiger partial charge in [0, 0.05) is 189 Å². The van der Waals surface area contributed by atoms with Gasteiger partial charge < -0.3 is 35.5 Å². The molecule has 102 heavy (non-hydrogen) atoms. The second-order valence-electron chi connectivity index (χ2n) is 22.6. The monoisotopic (exact) mass is 2060 g/mol. The van der Waals surface area contributed by atoms with E-state index in [0.29, 0.717) is 11.3 Å². The normalized spacial score (nSPS) is 9.93. The van der Waals surface area contributed by atoms with Gasteiger partial charge in [-0.05, 0) is 129 Å². The summed E-state index contributed by atoms with van der Waals surface area (Å²) >= 11 is 0. The number of benzene rings is 4. The predicted molar refractivity (Wildman–Crippen MR) is 380 cm³/mol. The van der Waals surface area contributed by atoms with Crippen LogP contribution in [-0.2, 0) is 85.8 Å². The summed E-state index contributed by atoms with van der Waals surface area (Å²) in [5.41, 5.74) is 17.1. The standard InChI is InChI=1S/C13H15N2.C12H14N3.C9H8N3.C9H8N2O.3C9H7N2.C8H6N3.4Ir/c1-9-5-10(2)7-13(6-9)15-12(4)8-11(3)14-15;1-12(2,3)11-8-10(14-15-11)9-6-4-5-7-13-9;1-7-6-9(12-11-7)8-4-2-3-5-10-8;1-6-2-4-11-9-7(12)3-5-10-8(6)9;3*1-2-5-9(6-3-1)11-8-4-7-10-11;1-2-4-9-7(3-1)8-10-5-6-11-8;;;;/h5-6,8H,1-4H3;4-8H,1-3H3;2-6H,1H3;2-5H,1H3,(H,10,12);3*1-5,7-8H;1-6H;;;;/q3*-1;;4*-1;;;;. The summed E-state index contributed by atoms with van der Waals surface area (Å²) in [6.07, 6.45) is 22.7. The number of rotatable bonds is 7. The van der Waals surface area contributed by atoms with Crippen molar-refractivity contribution in [3.63, 3.8) is 0 Å². The molecule has 12 aromatic heterocycles. The number of para-hydroxylation sites is 3. The van der Waals surface area contributed by atoms with Crippen molar-refractivity contribution in [1.29, 1.82) is 0 Å². The number of aromatic hydroxyl groups is 1. The minimum Gasteiger partial charge on any atom is -0.574 e. The molecule has 528 valence electrons. The SMILES string of the molecule is CC(C)(C)c1cc(-c2ccccn2)[n-]n1.Cc1[c-]c(-n2nc(C)cc2C)cc(C)c1.Cc1cc(-c2ccccn2)[n-]n1.Cc1ccnc2c(O)ccnc12.[Ir].[Ir].[Ir].[Ir].[c-]1ccccc1-n1cccn1.[c-]1ccccc1-n1cccn1.[c-]1ccccc1-n1cccn1.c1ccc(-c2ncc[n-]2)nc1. The van der Waals surface area contributed by atoms with Gasteiger partial charge in [0.15, 0.2) is 0 Å². The summed E-state index contributed by atoms with van der Waals surface area (Å²) in [5.74, 6) is 0.870. The summed E-state index contributed by atoms with van der Waals surface area (Å²) in [5, 5.41) is 42.2. The van der Waals surface area contributed by atoms with Crippen LogP contribution in [0.4, 0.5) is 0 Å². The van der Waals surface area contributed by atoms with Crippen molar-refractivity contribution >= 4 is 11.0 Å². The predicted octanol–water partition coefficient (Wildman–Crippen LogP) is 14.5. The molecule has 0 aliphatic carbocycles. The van der Waals surface area contributed by atoms with Crippen molar-refractivity contribution in [1.82, 2.24) is 94.4 Å². The van der Waals surface area contributed by atoms with Gasteiger partial charge in [-0.25, -0.2) is 0 Å². The fourth-order valence-corrected chi connectivity index (χ4v) is 9.03. The molecule has 0 fully saturated rings. The molecule has 4 aromatic carbocycles. The van der Waals surface area contributed by atoms with Crippen LogP contribution in [0.5, 0.6) is 5.75 Å².